The summed E-state index contributed by atoms with van der Waals surface area (Å²) in [5.74, 6) is -0.397. The molecule has 8 nitrogen and oxygen atoms in total. The van der Waals surface area contributed by atoms with Crippen molar-refractivity contribution in [3.63, 3.8) is 0 Å². The molecule has 0 fully saturated rings. The van der Waals surface area contributed by atoms with Gasteiger partial charge in [-0.1, -0.05) is 30.3 Å². The lowest BCUT2D eigenvalue weighted by Gasteiger charge is -2.23. The lowest BCUT2D eigenvalue weighted by molar-refractivity contribution is -0.384. The highest BCUT2D eigenvalue weighted by molar-refractivity contribution is 6.10. The molecule has 0 saturated heterocycles. The Kier molecular flexibility index (Phi) is 5.46. The normalized spacial score (nSPS) is 17.2. The van der Waals surface area contributed by atoms with Gasteiger partial charge in [0.1, 0.15) is 5.75 Å². The monoisotopic (exact) mass is 432 g/mol. The highest BCUT2D eigenvalue weighted by atomic mass is 16.6. The topological polar surface area (TPSA) is 110 Å². The van der Waals surface area contributed by atoms with Crippen LogP contribution in [0.25, 0.3) is 0 Å². The zero-order valence-corrected chi connectivity index (χ0v) is 17.2. The highest BCUT2D eigenvalue weighted by Crippen LogP contribution is 2.43. The van der Waals surface area contributed by atoms with Crippen LogP contribution in [0.15, 0.2) is 72.8 Å². The molecule has 1 aliphatic rings. The number of rotatable bonds is 7. The summed E-state index contributed by atoms with van der Waals surface area (Å²) < 4.78 is 5.10. The van der Waals surface area contributed by atoms with Crippen LogP contribution in [0.3, 0.4) is 0 Å². The number of benzene rings is 3. The molecule has 162 valence electrons. The van der Waals surface area contributed by atoms with Crippen molar-refractivity contribution in [3.05, 3.63) is 99.6 Å². The lowest BCUT2D eigenvalue weighted by Crippen LogP contribution is -2.41. The van der Waals surface area contributed by atoms with Gasteiger partial charge in [0.05, 0.1) is 30.7 Å². The van der Waals surface area contributed by atoms with Crippen LogP contribution < -0.4 is 9.64 Å². The molecule has 0 radical (unpaired) electrons. The molecular formula is C24H20N2O6. The molecule has 1 N–H and O–H groups in total. The van der Waals surface area contributed by atoms with E-state index in [0.717, 1.165) is 0 Å². The van der Waals surface area contributed by atoms with Gasteiger partial charge in [-0.25, -0.2) is 0 Å². The fourth-order valence-corrected chi connectivity index (χ4v) is 3.85. The molecule has 1 aliphatic heterocycles. The van der Waals surface area contributed by atoms with Crippen molar-refractivity contribution in [3.8, 4) is 5.75 Å². The molecule has 1 atom stereocenters. The number of non-ortho nitro benzene ring substituents is 1. The standard InChI is InChI=1S/C24H20N2O6/c1-32-19-12-8-17(9-13-19)22(27)14-24(29)20-4-2-3-5-21(20)25(23(24)28)15-16-6-10-18(11-7-16)26(30)31/h2-13,29H,14-15H2,1H3/t24-/m0/s1. The molecular weight excluding hydrogens is 412 g/mol. The number of carbonyl (C=O) groups is 2. The van der Waals surface area contributed by atoms with E-state index >= 15 is 0 Å². The number of nitro benzene ring substituents is 1. The predicted octanol–water partition coefficient (Wildman–Crippen LogP) is 3.61. The number of Topliss-reactive ketones (excluding diaryl/α,β-unsaturated/α-hetero) is 1. The minimum Gasteiger partial charge on any atom is -0.497 e. The third-order valence-electron chi connectivity index (χ3n) is 5.56. The number of para-hydroxylation sites is 1. The summed E-state index contributed by atoms with van der Waals surface area (Å²) in [6, 6.07) is 19.1. The molecule has 0 bridgehead atoms. The first kappa shape index (κ1) is 21.2. The molecule has 0 unspecified atom stereocenters. The minimum atomic E-state index is -2.01. The maximum atomic E-state index is 13.3. The van der Waals surface area contributed by atoms with E-state index in [1.165, 1.54) is 24.1 Å². The van der Waals surface area contributed by atoms with Crippen LogP contribution >= 0.6 is 0 Å². The number of carbonyl (C=O) groups excluding carboxylic acids is 2. The largest absolute Gasteiger partial charge is 0.497 e. The second-order valence-electron chi connectivity index (χ2n) is 7.52. The Morgan fingerprint density at radius 1 is 1.06 bits per heavy atom. The summed E-state index contributed by atoms with van der Waals surface area (Å²) in [5, 5.41) is 22.3. The third-order valence-corrected chi connectivity index (χ3v) is 5.56. The molecule has 1 amide bonds. The van der Waals surface area contributed by atoms with Gasteiger partial charge >= 0.3 is 0 Å². The summed E-state index contributed by atoms with van der Waals surface area (Å²) in [4.78, 5) is 38.0. The average Bonchev–Trinajstić information content (AvgIpc) is 3.01. The molecule has 8 heteroatoms. The van der Waals surface area contributed by atoms with Gasteiger partial charge in [-0.2, -0.15) is 0 Å². The molecule has 0 aromatic heterocycles. The van der Waals surface area contributed by atoms with Crippen molar-refractivity contribution in [1.29, 1.82) is 0 Å². The lowest BCUT2D eigenvalue weighted by atomic mass is 9.88. The zero-order chi connectivity index (χ0) is 22.9. The van der Waals surface area contributed by atoms with Crippen LogP contribution in [0, 0.1) is 10.1 Å². The smallest absolute Gasteiger partial charge is 0.269 e. The van der Waals surface area contributed by atoms with Gasteiger partial charge in [-0.15, -0.1) is 0 Å². The highest BCUT2D eigenvalue weighted by Gasteiger charge is 2.50. The van der Waals surface area contributed by atoms with Crippen molar-refractivity contribution >= 4 is 23.1 Å². The van der Waals surface area contributed by atoms with Crippen LogP contribution in [0.2, 0.25) is 0 Å². The second kappa shape index (κ2) is 8.24. The van der Waals surface area contributed by atoms with E-state index < -0.39 is 22.9 Å². The van der Waals surface area contributed by atoms with Crippen LogP contribution in [-0.2, 0) is 16.9 Å². The quantitative estimate of drug-likeness (QED) is 0.347. The van der Waals surface area contributed by atoms with Crippen LogP contribution in [0.1, 0.15) is 27.9 Å². The number of nitro groups is 1. The van der Waals surface area contributed by atoms with Crippen LogP contribution in [-0.4, -0.2) is 28.8 Å². The minimum absolute atomic E-state index is 0.0523. The van der Waals surface area contributed by atoms with E-state index in [1.807, 2.05) is 0 Å². The van der Waals surface area contributed by atoms with Crippen molar-refractivity contribution < 1.29 is 24.4 Å². The number of aliphatic hydroxyl groups is 1. The fraction of sp³-hybridized carbons (Fsp3) is 0.167. The van der Waals surface area contributed by atoms with Crippen molar-refractivity contribution in [2.75, 3.05) is 12.0 Å². The zero-order valence-electron chi connectivity index (χ0n) is 17.2. The van der Waals surface area contributed by atoms with Gasteiger partial charge in [0.25, 0.3) is 11.6 Å². The summed E-state index contributed by atoms with van der Waals surface area (Å²) in [7, 11) is 1.52. The van der Waals surface area contributed by atoms with Gasteiger partial charge in [0.15, 0.2) is 11.4 Å². The second-order valence-corrected chi connectivity index (χ2v) is 7.52. The van der Waals surface area contributed by atoms with E-state index in [0.29, 0.717) is 28.1 Å². The number of anilines is 1. The van der Waals surface area contributed by atoms with Gasteiger partial charge in [-0.3, -0.25) is 19.7 Å². The van der Waals surface area contributed by atoms with Crippen LogP contribution in [0.4, 0.5) is 11.4 Å². The average molecular weight is 432 g/mol. The summed E-state index contributed by atoms with van der Waals surface area (Å²) >= 11 is 0. The molecule has 0 aliphatic carbocycles. The Balaban J connectivity index is 1.62. The number of nitrogens with zero attached hydrogens (tertiary/aromatic N) is 2. The summed E-state index contributed by atoms with van der Waals surface area (Å²) in [6.45, 7) is 0.104. The van der Waals surface area contributed by atoms with Crippen molar-refractivity contribution in [1.82, 2.24) is 0 Å². The number of amides is 1. The van der Waals surface area contributed by atoms with E-state index in [4.69, 9.17) is 4.74 Å². The Labute approximate surface area is 183 Å². The number of ketones is 1. The number of ether oxygens (including phenoxy) is 1. The molecule has 3 aromatic rings. The summed E-state index contributed by atoms with van der Waals surface area (Å²) in [5.41, 5.74) is -0.185. The van der Waals surface area contributed by atoms with Gasteiger partial charge in [0, 0.05) is 23.3 Å². The Morgan fingerprint density at radius 2 is 1.72 bits per heavy atom. The number of hydrogen-bond donors (Lipinski definition) is 1. The fourth-order valence-electron chi connectivity index (χ4n) is 3.85. The first-order valence-electron chi connectivity index (χ1n) is 9.88. The van der Waals surface area contributed by atoms with Gasteiger partial charge < -0.3 is 14.7 Å². The SMILES string of the molecule is COc1ccc(C(=O)C[C@@]2(O)C(=O)N(Cc3ccc([N+](=O)[O-])cc3)c3ccccc32)cc1. The van der Waals surface area contributed by atoms with E-state index in [-0.39, 0.29) is 18.0 Å². The van der Waals surface area contributed by atoms with Crippen molar-refractivity contribution in [2.24, 2.45) is 0 Å². The Morgan fingerprint density at radius 3 is 2.34 bits per heavy atom. The number of hydrogen-bond acceptors (Lipinski definition) is 6. The third kappa shape index (κ3) is 3.72. The van der Waals surface area contributed by atoms with E-state index in [1.54, 1.807) is 60.7 Å². The van der Waals surface area contributed by atoms with E-state index in [9.17, 15) is 24.8 Å². The van der Waals surface area contributed by atoms with Gasteiger partial charge in [0.2, 0.25) is 0 Å². The molecule has 32 heavy (non-hydrogen) atoms. The molecule has 1 heterocycles. The Hall–Kier alpha value is -4.04. The summed E-state index contributed by atoms with van der Waals surface area (Å²) in [6.07, 6.45) is -0.411. The first-order chi connectivity index (χ1) is 15.3. The van der Waals surface area contributed by atoms with Crippen molar-refractivity contribution in [2.45, 2.75) is 18.6 Å². The number of methoxy groups -OCH3 is 1. The first-order valence-corrected chi connectivity index (χ1v) is 9.88. The molecule has 4 rings (SSSR count). The molecule has 0 spiro atoms. The molecule has 0 saturated carbocycles. The maximum absolute atomic E-state index is 13.3. The maximum Gasteiger partial charge on any atom is 0.269 e. The number of fused-ring (bicyclic) bond motifs is 1. The molecule has 3 aromatic carbocycles. The van der Waals surface area contributed by atoms with E-state index in [2.05, 4.69) is 0 Å². The van der Waals surface area contributed by atoms with Crippen LogP contribution in [0.5, 0.6) is 5.75 Å². The predicted molar refractivity (Wildman–Crippen MR) is 117 cm³/mol. The Bertz CT molecular complexity index is 1190. The van der Waals surface area contributed by atoms with Gasteiger partial charge in [-0.05, 0) is 35.9 Å².